The molecule has 0 saturated heterocycles. The van der Waals surface area contributed by atoms with Crippen LogP contribution in [0.3, 0.4) is 0 Å². The molecule has 3 rings (SSSR count). The fraction of sp³-hybridized carbons (Fsp3) is 0.500. The van der Waals surface area contributed by atoms with E-state index in [0.29, 0.717) is 0 Å². The van der Waals surface area contributed by atoms with Crippen molar-refractivity contribution in [2.24, 2.45) is 0 Å². The highest BCUT2D eigenvalue weighted by Gasteiger charge is 2.29. The SMILES string of the molecule is O=C1NS(=O)Nc2sc3c(c21)CCCCC3. The highest BCUT2D eigenvalue weighted by atomic mass is 32.2. The molecule has 1 aliphatic carbocycles. The number of fused-ring (bicyclic) bond motifs is 3. The molecule has 2 heterocycles. The fourth-order valence-electron chi connectivity index (χ4n) is 2.30. The van der Waals surface area contributed by atoms with Gasteiger partial charge in [0.1, 0.15) is 5.00 Å². The van der Waals surface area contributed by atoms with E-state index in [1.165, 1.54) is 23.3 Å². The second-order valence-corrected chi connectivity index (χ2v) is 6.12. The molecule has 0 saturated carbocycles. The number of hydrogen-bond donors (Lipinski definition) is 2. The molecular formula is C10H12N2O2S2. The van der Waals surface area contributed by atoms with Crippen molar-refractivity contribution in [1.29, 1.82) is 0 Å². The maximum absolute atomic E-state index is 11.8. The van der Waals surface area contributed by atoms with Crippen molar-refractivity contribution in [2.45, 2.75) is 32.1 Å². The Balaban J connectivity index is 2.12. The third-order valence-electron chi connectivity index (χ3n) is 3.02. The Morgan fingerprint density at radius 3 is 2.81 bits per heavy atom. The van der Waals surface area contributed by atoms with Gasteiger partial charge in [0.05, 0.1) is 5.56 Å². The lowest BCUT2D eigenvalue weighted by molar-refractivity contribution is 0.0982. The predicted molar refractivity (Wildman–Crippen MR) is 64.8 cm³/mol. The largest absolute Gasteiger partial charge is 0.278 e. The number of rotatable bonds is 0. The number of nitrogens with one attached hydrogen (secondary N) is 2. The molecule has 0 spiro atoms. The summed E-state index contributed by atoms with van der Waals surface area (Å²) < 4.78 is 16.5. The summed E-state index contributed by atoms with van der Waals surface area (Å²) in [5.74, 6) is -0.188. The van der Waals surface area contributed by atoms with Gasteiger partial charge in [-0.1, -0.05) is 6.42 Å². The molecule has 0 bridgehead atoms. The lowest BCUT2D eigenvalue weighted by Gasteiger charge is -2.14. The molecule has 0 aromatic carbocycles. The highest BCUT2D eigenvalue weighted by molar-refractivity contribution is 7.85. The zero-order valence-electron chi connectivity index (χ0n) is 8.67. The van der Waals surface area contributed by atoms with Gasteiger partial charge in [0.15, 0.2) is 0 Å². The van der Waals surface area contributed by atoms with E-state index in [1.807, 2.05) is 0 Å². The lowest BCUT2D eigenvalue weighted by atomic mass is 10.1. The van der Waals surface area contributed by atoms with Gasteiger partial charge in [-0.2, -0.15) is 0 Å². The van der Waals surface area contributed by atoms with Gasteiger partial charge >= 0.3 is 0 Å². The van der Waals surface area contributed by atoms with Gasteiger partial charge in [-0.15, -0.1) is 11.3 Å². The van der Waals surface area contributed by atoms with E-state index in [4.69, 9.17) is 0 Å². The smallest absolute Gasteiger partial charge is 0.267 e. The third-order valence-corrected chi connectivity index (χ3v) is 5.12. The van der Waals surface area contributed by atoms with Crippen molar-refractivity contribution in [3.63, 3.8) is 0 Å². The minimum absolute atomic E-state index is 0.188. The molecule has 0 fully saturated rings. The molecule has 1 aromatic heterocycles. The molecule has 2 aliphatic rings. The van der Waals surface area contributed by atoms with Crippen LogP contribution >= 0.6 is 11.3 Å². The Bertz CT molecular complexity index is 481. The van der Waals surface area contributed by atoms with Crippen LogP contribution < -0.4 is 9.44 Å². The number of carbonyl (C=O) groups is 1. The number of thiophene rings is 1. The average Bonchev–Trinajstić information content (AvgIpc) is 2.42. The summed E-state index contributed by atoms with van der Waals surface area (Å²) in [6, 6.07) is 0. The summed E-state index contributed by atoms with van der Waals surface area (Å²) >= 11 is 0.140. The van der Waals surface area contributed by atoms with E-state index in [-0.39, 0.29) is 5.91 Å². The normalized spacial score (nSPS) is 23.8. The van der Waals surface area contributed by atoms with Crippen LogP contribution in [0.2, 0.25) is 0 Å². The minimum atomic E-state index is -1.45. The molecule has 1 aromatic rings. The molecule has 86 valence electrons. The van der Waals surface area contributed by atoms with Crippen LogP contribution in [0.25, 0.3) is 0 Å². The second kappa shape index (κ2) is 3.85. The first kappa shape index (κ1) is 10.3. The summed E-state index contributed by atoms with van der Waals surface area (Å²) in [6.07, 6.45) is 5.60. The summed E-state index contributed by atoms with van der Waals surface area (Å²) in [5.41, 5.74) is 1.92. The maximum atomic E-state index is 11.8. The molecule has 16 heavy (non-hydrogen) atoms. The van der Waals surface area contributed by atoms with Crippen LogP contribution in [0, 0.1) is 0 Å². The standard InChI is InChI=1S/C10H12N2O2S2/c13-9-8-6-4-2-1-3-5-7(6)15-10(8)12-16(14)11-9/h12H,1-5H2,(H,11,13). The van der Waals surface area contributed by atoms with E-state index in [2.05, 4.69) is 9.44 Å². The fourth-order valence-corrected chi connectivity index (χ4v) is 4.42. The van der Waals surface area contributed by atoms with Crippen LogP contribution in [-0.2, 0) is 24.0 Å². The first-order valence-electron chi connectivity index (χ1n) is 5.39. The van der Waals surface area contributed by atoms with Crippen LogP contribution in [0.1, 0.15) is 40.1 Å². The maximum Gasteiger partial charge on any atom is 0.267 e. The molecule has 0 radical (unpaired) electrons. The van der Waals surface area contributed by atoms with Gasteiger partial charge in [-0.25, -0.2) is 4.21 Å². The monoisotopic (exact) mass is 256 g/mol. The Morgan fingerprint density at radius 1 is 1.12 bits per heavy atom. The average molecular weight is 256 g/mol. The predicted octanol–water partition coefficient (Wildman–Crippen LogP) is 1.75. The number of anilines is 1. The summed E-state index contributed by atoms with van der Waals surface area (Å²) in [6.45, 7) is 0. The Labute approximate surface area is 100 Å². The van der Waals surface area contributed by atoms with Gasteiger partial charge in [0.25, 0.3) is 5.91 Å². The first-order chi connectivity index (χ1) is 7.75. The van der Waals surface area contributed by atoms with E-state index in [0.717, 1.165) is 29.8 Å². The van der Waals surface area contributed by atoms with Gasteiger partial charge < -0.3 is 0 Å². The van der Waals surface area contributed by atoms with Crippen LogP contribution in [0.5, 0.6) is 0 Å². The van der Waals surface area contributed by atoms with Crippen LogP contribution in [0.15, 0.2) is 0 Å². The van der Waals surface area contributed by atoms with Crippen molar-refractivity contribution in [3.05, 3.63) is 16.0 Å². The Hall–Kier alpha value is -0.880. The Morgan fingerprint density at radius 2 is 1.94 bits per heavy atom. The molecule has 1 aliphatic heterocycles. The number of amides is 1. The first-order valence-corrected chi connectivity index (χ1v) is 7.36. The molecule has 1 amide bonds. The van der Waals surface area contributed by atoms with Crippen molar-refractivity contribution >= 4 is 33.4 Å². The van der Waals surface area contributed by atoms with Crippen molar-refractivity contribution < 1.29 is 9.00 Å². The number of hydrogen-bond acceptors (Lipinski definition) is 3. The van der Waals surface area contributed by atoms with E-state index >= 15 is 0 Å². The second-order valence-electron chi connectivity index (χ2n) is 4.07. The van der Waals surface area contributed by atoms with E-state index < -0.39 is 11.2 Å². The van der Waals surface area contributed by atoms with Crippen molar-refractivity contribution in [1.82, 2.24) is 4.72 Å². The molecule has 1 atom stereocenters. The molecule has 1 unspecified atom stereocenters. The molecular weight excluding hydrogens is 244 g/mol. The van der Waals surface area contributed by atoms with E-state index in [9.17, 15) is 9.00 Å². The lowest BCUT2D eigenvalue weighted by Crippen LogP contribution is -2.35. The zero-order chi connectivity index (χ0) is 11.1. The summed E-state index contributed by atoms with van der Waals surface area (Å²) in [5, 5.41) is 0.786. The van der Waals surface area contributed by atoms with Crippen molar-refractivity contribution in [3.8, 4) is 0 Å². The number of carbonyl (C=O) groups excluding carboxylic acids is 1. The zero-order valence-corrected chi connectivity index (χ0v) is 10.3. The van der Waals surface area contributed by atoms with Gasteiger partial charge in [0, 0.05) is 4.88 Å². The van der Waals surface area contributed by atoms with Crippen molar-refractivity contribution in [2.75, 3.05) is 4.72 Å². The topological polar surface area (TPSA) is 58.2 Å². The summed E-state index contributed by atoms with van der Waals surface area (Å²) in [7, 11) is 0. The van der Waals surface area contributed by atoms with Gasteiger partial charge in [0.2, 0.25) is 11.2 Å². The van der Waals surface area contributed by atoms with Crippen LogP contribution in [0.4, 0.5) is 5.00 Å². The summed E-state index contributed by atoms with van der Waals surface area (Å²) in [4.78, 5) is 13.1. The quantitative estimate of drug-likeness (QED) is 0.695. The molecule has 2 N–H and O–H groups in total. The minimum Gasteiger partial charge on any atom is -0.278 e. The molecule has 6 heteroatoms. The Kier molecular flexibility index (Phi) is 2.48. The number of aryl methyl sites for hydroxylation is 1. The highest BCUT2D eigenvalue weighted by Crippen LogP contribution is 2.38. The third kappa shape index (κ3) is 1.56. The van der Waals surface area contributed by atoms with Crippen LogP contribution in [-0.4, -0.2) is 10.1 Å². The van der Waals surface area contributed by atoms with E-state index in [1.54, 1.807) is 11.3 Å². The van der Waals surface area contributed by atoms with Gasteiger partial charge in [-0.3, -0.25) is 14.2 Å². The molecule has 4 nitrogen and oxygen atoms in total. The van der Waals surface area contributed by atoms with Gasteiger partial charge in [-0.05, 0) is 31.2 Å².